The number of hydroxylamine groups is 1. The highest BCUT2D eigenvalue weighted by Gasteiger charge is 2.12. The second-order valence-electron chi connectivity index (χ2n) is 5.58. The van der Waals surface area contributed by atoms with E-state index in [1.54, 1.807) is 7.11 Å². The number of methoxy groups -OCH3 is 1. The zero-order valence-corrected chi connectivity index (χ0v) is 13.8. The highest BCUT2D eigenvalue weighted by Crippen LogP contribution is 2.22. The maximum absolute atomic E-state index is 12.2. The molecule has 0 bridgehead atoms. The van der Waals surface area contributed by atoms with Gasteiger partial charge < -0.3 is 9.72 Å². The topological polar surface area (TPSA) is 63.4 Å². The number of aryl methyl sites for hydroxylation is 1. The Kier molecular flexibility index (Phi) is 4.82. The zero-order valence-electron chi connectivity index (χ0n) is 13.8. The third-order valence-corrected chi connectivity index (χ3v) is 3.97. The number of aromatic nitrogens is 1. The highest BCUT2D eigenvalue weighted by molar-refractivity contribution is 5.89. The van der Waals surface area contributed by atoms with E-state index in [4.69, 9.17) is 9.57 Å². The molecular weight excluding hydrogens is 304 g/mol. The number of aromatic amines is 1. The van der Waals surface area contributed by atoms with Crippen molar-refractivity contribution < 1.29 is 14.4 Å². The van der Waals surface area contributed by atoms with Gasteiger partial charge in [-0.3, -0.25) is 9.63 Å². The highest BCUT2D eigenvalue weighted by atomic mass is 16.7. The molecule has 3 aromatic rings. The Morgan fingerprint density at radius 2 is 1.88 bits per heavy atom. The number of carbonyl (C=O) groups is 1. The Morgan fingerprint density at radius 1 is 1.12 bits per heavy atom. The van der Waals surface area contributed by atoms with Gasteiger partial charge in [-0.15, -0.1) is 0 Å². The summed E-state index contributed by atoms with van der Waals surface area (Å²) in [5.74, 6) is 0.553. The minimum Gasteiger partial charge on any atom is -0.496 e. The normalized spacial score (nSPS) is 10.8. The molecule has 0 spiro atoms. The van der Waals surface area contributed by atoms with Gasteiger partial charge in [0.1, 0.15) is 12.4 Å². The molecule has 0 saturated heterocycles. The quantitative estimate of drug-likeness (QED) is 0.684. The van der Waals surface area contributed by atoms with Crippen LogP contribution in [-0.4, -0.2) is 18.0 Å². The summed E-state index contributed by atoms with van der Waals surface area (Å²) in [5, 5.41) is 1.06. The Labute approximate surface area is 140 Å². The van der Waals surface area contributed by atoms with Gasteiger partial charge in [0, 0.05) is 22.2 Å². The van der Waals surface area contributed by atoms with Crippen LogP contribution in [0.3, 0.4) is 0 Å². The number of para-hydroxylation sites is 2. The Bertz CT molecular complexity index is 855. The van der Waals surface area contributed by atoms with Gasteiger partial charge in [0.2, 0.25) is 5.91 Å². The van der Waals surface area contributed by atoms with Crippen molar-refractivity contribution in [1.82, 2.24) is 10.5 Å². The third kappa shape index (κ3) is 3.41. The van der Waals surface area contributed by atoms with Crippen molar-refractivity contribution >= 4 is 16.8 Å². The lowest BCUT2D eigenvalue weighted by Crippen LogP contribution is -2.25. The number of H-pyrrole nitrogens is 1. The Morgan fingerprint density at radius 3 is 2.71 bits per heavy atom. The van der Waals surface area contributed by atoms with Crippen LogP contribution in [0.25, 0.3) is 10.9 Å². The molecule has 1 heterocycles. The minimum atomic E-state index is -0.183. The van der Waals surface area contributed by atoms with Crippen molar-refractivity contribution in [2.75, 3.05) is 7.11 Å². The van der Waals surface area contributed by atoms with Gasteiger partial charge in [-0.2, -0.15) is 0 Å². The van der Waals surface area contributed by atoms with E-state index in [1.807, 2.05) is 55.5 Å². The fourth-order valence-corrected chi connectivity index (χ4v) is 2.78. The predicted octanol–water partition coefficient (Wildman–Crippen LogP) is 3.28. The summed E-state index contributed by atoms with van der Waals surface area (Å²) in [5.41, 5.74) is 6.40. The SMILES string of the molecule is COc1ccccc1CONC(=O)Cc1c(C)[nH]c2ccccc12. The van der Waals surface area contributed by atoms with E-state index in [0.717, 1.165) is 33.5 Å². The van der Waals surface area contributed by atoms with Crippen molar-refractivity contribution in [3.8, 4) is 5.75 Å². The number of benzene rings is 2. The van der Waals surface area contributed by atoms with E-state index in [9.17, 15) is 4.79 Å². The summed E-state index contributed by atoms with van der Waals surface area (Å²) >= 11 is 0. The first-order valence-corrected chi connectivity index (χ1v) is 7.77. The summed E-state index contributed by atoms with van der Waals surface area (Å²) in [4.78, 5) is 20.8. The van der Waals surface area contributed by atoms with Crippen molar-refractivity contribution in [1.29, 1.82) is 0 Å². The molecule has 2 aromatic carbocycles. The number of hydrogen-bond donors (Lipinski definition) is 2. The van der Waals surface area contributed by atoms with Crippen LogP contribution in [0.4, 0.5) is 0 Å². The molecule has 124 valence electrons. The van der Waals surface area contributed by atoms with E-state index in [-0.39, 0.29) is 18.9 Å². The molecule has 0 radical (unpaired) electrons. The van der Waals surface area contributed by atoms with Gasteiger partial charge in [-0.25, -0.2) is 5.48 Å². The van der Waals surface area contributed by atoms with Gasteiger partial charge in [0.25, 0.3) is 0 Å². The zero-order chi connectivity index (χ0) is 16.9. The van der Waals surface area contributed by atoms with E-state index >= 15 is 0 Å². The molecule has 0 saturated carbocycles. The number of carbonyl (C=O) groups excluding carboxylic acids is 1. The second kappa shape index (κ2) is 7.19. The summed E-state index contributed by atoms with van der Waals surface area (Å²) in [6.45, 7) is 2.22. The van der Waals surface area contributed by atoms with Crippen molar-refractivity contribution in [3.05, 3.63) is 65.4 Å². The van der Waals surface area contributed by atoms with Gasteiger partial charge >= 0.3 is 0 Å². The van der Waals surface area contributed by atoms with E-state index in [0.29, 0.717) is 0 Å². The Balaban J connectivity index is 1.60. The lowest BCUT2D eigenvalue weighted by Gasteiger charge is -2.09. The number of rotatable bonds is 6. The fourth-order valence-electron chi connectivity index (χ4n) is 2.78. The van der Waals surface area contributed by atoms with Gasteiger partial charge in [0.05, 0.1) is 13.5 Å². The summed E-state index contributed by atoms with van der Waals surface area (Å²) in [6, 6.07) is 15.5. The number of amides is 1. The molecule has 3 rings (SSSR count). The standard InChI is InChI=1S/C19H20N2O3/c1-13-16(15-8-4-5-9-17(15)20-13)11-19(22)21-24-12-14-7-3-6-10-18(14)23-2/h3-10,20H,11-12H2,1-2H3,(H,21,22). The van der Waals surface area contributed by atoms with Gasteiger partial charge in [-0.05, 0) is 24.6 Å². The maximum Gasteiger partial charge on any atom is 0.248 e. The smallest absolute Gasteiger partial charge is 0.248 e. The van der Waals surface area contributed by atoms with E-state index in [2.05, 4.69) is 10.5 Å². The van der Waals surface area contributed by atoms with Crippen LogP contribution in [0.2, 0.25) is 0 Å². The van der Waals surface area contributed by atoms with Crippen LogP contribution in [0.15, 0.2) is 48.5 Å². The first kappa shape index (κ1) is 16.1. The maximum atomic E-state index is 12.2. The molecule has 0 unspecified atom stereocenters. The van der Waals surface area contributed by atoms with Crippen molar-refractivity contribution in [2.45, 2.75) is 20.0 Å². The van der Waals surface area contributed by atoms with Crippen molar-refractivity contribution in [3.63, 3.8) is 0 Å². The predicted molar refractivity (Wildman–Crippen MR) is 92.7 cm³/mol. The first-order valence-electron chi connectivity index (χ1n) is 7.77. The van der Waals surface area contributed by atoms with Crippen LogP contribution < -0.4 is 10.2 Å². The number of ether oxygens (including phenoxy) is 1. The van der Waals surface area contributed by atoms with Crippen LogP contribution in [0.5, 0.6) is 5.75 Å². The average molecular weight is 324 g/mol. The molecule has 1 aromatic heterocycles. The van der Waals surface area contributed by atoms with Gasteiger partial charge in [-0.1, -0.05) is 36.4 Å². The molecule has 5 heteroatoms. The summed E-state index contributed by atoms with van der Waals surface area (Å²) in [6.07, 6.45) is 0.266. The lowest BCUT2D eigenvalue weighted by atomic mass is 10.1. The van der Waals surface area contributed by atoms with Crippen LogP contribution in [0, 0.1) is 6.92 Å². The van der Waals surface area contributed by atoms with Crippen molar-refractivity contribution in [2.24, 2.45) is 0 Å². The second-order valence-corrected chi connectivity index (χ2v) is 5.58. The molecular formula is C19H20N2O3. The average Bonchev–Trinajstić information content (AvgIpc) is 2.91. The van der Waals surface area contributed by atoms with E-state index < -0.39 is 0 Å². The number of nitrogens with one attached hydrogen (secondary N) is 2. The Hall–Kier alpha value is -2.79. The third-order valence-electron chi connectivity index (χ3n) is 3.97. The molecule has 0 fully saturated rings. The molecule has 0 aliphatic carbocycles. The summed E-state index contributed by atoms with van der Waals surface area (Å²) < 4.78 is 5.26. The fraction of sp³-hybridized carbons (Fsp3) is 0.211. The monoisotopic (exact) mass is 324 g/mol. The van der Waals surface area contributed by atoms with Gasteiger partial charge in [0.15, 0.2) is 0 Å². The molecule has 0 aliphatic rings. The molecule has 5 nitrogen and oxygen atoms in total. The first-order chi connectivity index (χ1) is 11.7. The lowest BCUT2D eigenvalue weighted by molar-refractivity contribution is -0.133. The summed E-state index contributed by atoms with van der Waals surface area (Å²) in [7, 11) is 1.61. The molecule has 2 N–H and O–H groups in total. The number of hydrogen-bond acceptors (Lipinski definition) is 3. The largest absolute Gasteiger partial charge is 0.496 e. The van der Waals surface area contributed by atoms with Crippen LogP contribution >= 0.6 is 0 Å². The molecule has 24 heavy (non-hydrogen) atoms. The molecule has 0 aliphatic heterocycles. The van der Waals surface area contributed by atoms with E-state index in [1.165, 1.54) is 0 Å². The minimum absolute atomic E-state index is 0.183. The molecule has 1 amide bonds. The number of fused-ring (bicyclic) bond motifs is 1. The molecule has 0 atom stereocenters. The van der Waals surface area contributed by atoms with Crippen LogP contribution in [-0.2, 0) is 22.7 Å². The van der Waals surface area contributed by atoms with Crippen LogP contribution in [0.1, 0.15) is 16.8 Å².